The van der Waals surface area contributed by atoms with Crippen LogP contribution in [0.4, 0.5) is 5.69 Å². The Balaban J connectivity index is 2.02. The number of sulfonamides is 1. The van der Waals surface area contributed by atoms with Crippen molar-refractivity contribution in [3.63, 3.8) is 0 Å². The number of halogens is 2. The van der Waals surface area contributed by atoms with E-state index in [1.54, 1.807) is 20.8 Å². The maximum absolute atomic E-state index is 14.4. The van der Waals surface area contributed by atoms with Crippen LogP contribution in [0.15, 0.2) is 23.1 Å². The zero-order chi connectivity index (χ0) is 27.6. The van der Waals surface area contributed by atoms with Crippen LogP contribution in [0.3, 0.4) is 0 Å². The summed E-state index contributed by atoms with van der Waals surface area (Å²) < 4.78 is 29.7. The predicted molar refractivity (Wildman–Crippen MR) is 151 cm³/mol. The first-order valence-electron chi connectivity index (χ1n) is 11.8. The van der Waals surface area contributed by atoms with Crippen molar-refractivity contribution < 1.29 is 13.2 Å². The van der Waals surface area contributed by atoms with Crippen LogP contribution in [0.2, 0.25) is 10.0 Å². The topological polar surface area (TPSA) is 91.9 Å². The molecule has 0 aliphatic heterocycles. The van der Waals surface area contributed by atoms with Crippen molar-refractivity contribution in [2.45, 2.75) is 60.3 Å². The molecule has 0 atom stereocenters. The third-order valence-corrected chi connectivity index (χ3v) is 9.62. The minimum atomic E-state index is -4.06. The van der Waals surface area contributed by atoms with Crippen molar-refractivity contribution in [1.82, 2.24) is 9.97 Å². The van der Waals surface area contributed by atoms with Gasteiger partial charge in [0, 0.05) is 32.4 Å². The molecule has 2 N–H and O–H groups in total. The molecule has 9 heteroatoms. The number of hydrogen-bond donors (Lipinski definition) is 2. The number of fused-ring (bicyclic) bond motifs is 1. The summed E-state index contributed by atoms with van der Waals surface area (Å²) in [6.45, 7) is 14.7. The highest BCUT2D eigenvalue weighted by Crippen LogP contribution is 2.39. The van der Waals surface area contributed by atoms with Crippen molar-refractivity contribution in [2.75, 3.05) is 4.72 Å². The van der Waals surface area contributed by atoms with Crippen LogP contribution >= 0.6 is 23.2 Å². The lowest BCUT2D eigenvalue weighted by atomic mass is 9.88. The molecule has 0 aliphatic rings. The van der Waals surface area contributed by atoms with Crippen molar-refractivity contribution in [3.8, 4) is 0 Å². The van der Waals surface area contributed by atoms with Crippen molar-refractivity contribution in [1.29, 1.82) is 0 Å². The van der Waals surface area contributed by atoms with Crippen LogP contribution in [0.1, 0.15) is 60.7 Å². The number of benzene rings is 2. The quantitative estimate of drug-likeness (QED) is 0.250. The standard InChI is InChI=1S/C28H29Cl2N3O3S/c1-12-11-20(9-10-21(12)29)37(35,36)33-26-17(6)25(30)14(3)13(2)24(26)27(34)22-15(4)18(7)31-28-23(22)16(5)19(8)32-28/h9-11,33H,1-8H3,(H,31,32). The number of nitrogens with zero attached hydrogens (tertiary/aromatic N) is 1. The van der Waals surface area contributed by atoms with Crippen molar-refractivity contribution >= 4 is 55.7 Å². The van der Waals surface area contributed by atoms with E-state index in [0.29, 0.717) is 37.9 Å². The third kappa shape index (κ3) is 4.43. The number of hydrogen-bond acceptors (Lipinski definition) is 4. The van der Waals surface area contributed by atoms with Gasteiger partial charge in [0.1, 0.15) is 5.65 Å². The molecule has 0 fully saturated rings. The molecular weight excluding hydrogens is 529 g/mol. The molecule has 0 unspecified atom stereocenters. The molecule has 0 amide bonds. The lowest BCUT2D eigenvalue weighted by Gasteiger charge is -2.21. The van der Waals surface area contributed by atoms with Crippen LogP contribution in [-0.2, 0) is 10.0 Å². The number of aromatic nitrogens is 2. The highest BCUT2D eigenvalue weighted by molar-refractivity contribution is 7.92. The van der Waals surface area contributed by atoms with E-state index in [1.165, 1.54) is 18.2 Å². The fourth-order valence-corrected chi connectivity index (χ4v) is 6.20. The molecule has 0 saturated heterocycles. The molecular formula is C28H29Cl2N3O3S. The molecule has 2 aromatic heterocycles. The lowest BCUT2D eigenvalue weighted by molar-refractivity contribution is 0.103. The summed E-state index contributed by atoms with van der Waals surface area (Å²) in [5.74, 6) is -0.291. The monoisotopic (exact) mass is 557 g/mol. The van der Waals surface area contributed by atoms with E-state index in [-0.39, 0.29) is 21.9 Å². The number of ketones is 1. The van der Waals surface area contributed by atoms with Gasteiger partial charge in [-0.2, -0.15) is 0 Å². The van der Waals surface area contributed by atoms with E-state index in [2.05, 4.69) is 14.7 Å². The molecule has 2 heterocycles. The van der Waals surface area contributed by atoms with Gasteiger partial charge in [0.15, 0.2) is 5.78 Å². The first-order chi connectivity index (χ1) is 17.2. The number of aryl methyl sites for hydroxylation is 4. The molecule has 0 spiro atoms. The van der Waals surface area contributed by atoms with Crippen molar-refractivity contribution in [3.05, 3.63) is 84.1 Å². The van der Waals surface area contributed by atoms with Crippen molar-refractivity contribution in [2.24, 2.45) is 0 Å². The number of carbonyl (C=O) groups excluding carboxylic acids is 1. The third-order valence-electron chi connectivity index (χ3n) is 7.28. The minimum absolute atomic E-state index is 0.0389. The average molecular weight is 559 g/mol. The molecule has 0 aliphatic carbocycles. The van der Waals surface area contributed by atoms with Gasteiger partial charge in [0.2, 0.25) is 0 Å². The summed E-state index contributed by atoms with van der Waals surface area (Å²) in [6.07, 6.45) is 0. The number of H-pyrrole nitrogens is 1. The second-order valence-electron chi connectivity index (χ2n) is 9.58. The number of nitrogens with one attached hydrogen (secondary N) is 2. The van der Waals surface area contributed by atoms with E-state index in [9.17, 15) is 13.2 Å². The zero-order valence-corrected chi connectivity index (χ0v) is 24.4. The van der Waals surface area contributed by atoms with Crippen LogP contribution in [0.25, 0.3) is 11.0 Å². The fraction of sp³-hybridized carbons (Fsp3) is 0.286. The number of anilines is 1. The smallest absolute Gasteiger partial charge is 0.261 e. The molecule has 2 aromatic carbocycles. The second kappa shape index (κ2) is 9.46. The SMILES string of the molecule is Cc1cc(S(=O)(=O)Nc2c(C)c(Cl)c(C)c(C)c2C(=O)c2c(C)c(C)nc3[nH]c(C)c(C)c23)ccc1Cl. The number of carbonyl (C=O) groups is 1. The van der Waals surface area contributed by atoms with Gasteiger partial charge in [0.05, 0.1) is 16.1 Å². The second-order valence-corrected chi connectivity index (χ2v) is 12.0. The molecule has 6 nitrogen and oxygen atoms in total. The van der Waals surface area contributed by atoms with Crippen LogP contribution in [-0.4, -0.2) is 24.2 Å². The Morgan fingerprint density at radius 3 is 2.14 bits per heavy atom. The lowest BCUT2D eigenvalue weighted by Crippen LogP contribution is -2.20. The van der Waals surface area contributed by atoms with Gasteiger partial charge in [-0.15, -0.1) is 0 Å². The zero-order valence-electron chi connectivity index (χ0n) is 22.1. The Morgan fingerprint density at radius 2 is 1.51 bits per heavy atom. The van der Waals surface area contributed by atoms with E-state index >= 15 is 0 Å². The van der Waals surface area contributed by atoms with Gasteiger partial charge in [-0.3, -0.25) is 9.52 Å². The maximum atomic E-state index is 14.4. The first-order valence-corrected chi connectivity index (χ1v) is 14.0. The largest absolute Gasteiger partial charge is 0.343 e. The summed E-state index contributed by atoms with van der Waals surface area (Å²) in [6, 6.07) is 4.47. The van der Waals surface area contributed by atoms with E-state index < -0.39 is 10.0 Å². The molecule has 0 radical (unpaired) electrons. The van der Waals surface area contributed by atoms with Gasteiger partial charge >= 0.3 is 0 Å². The highest BCUT2D eigenvalue weighted by atomic mass is 35.5. The summed E-state index contributed by atoms with van der Waals surface area (Å²) in [4.78, 5) is 22.4. The van der Waals surface area contributed by atoms with Gasteiger partial charge in [-0.25, -0.2) is 13.4 Å². The van der Waals surface area contributed by atoms with Gasteiger partial charge < -0.3 is 4.98 Å². The fourth-order valence-electron chi connectivity index (χ4n) is 4.62. The summed E-state index contributed by atoms with van der Waals surface area (Å²) >= 11 is 12.7. The molecule has 0 bridgehead atoms. The Morgan fingerprint density at radius 1 is 0.865 bits per heavy atom. The first kappa shape index (κ1) is 27.2. The molecule has 4 aromatic rings. The van der Waals surface area contributed by atoms with Crippen LogP contribution < -0.4 is 4.72 Å². The Labute approximate surface area is 227 Å². The Bertz CT molecular complexity index is 1740. The van der Waals surface area contributed by atoms with E-state index in [4.69, 9.17) is 23.2 Å². The number of aromatic amines is 1. The normalized spacial score (nSPS) is 11.8. The van der Waals surface area contributed by atoms with Gasteiger partial charge in [-0.05, 0) is 107 Å². The van der Waals surface area contributed by atoms with Gasteiger partial charge in [-0.1, -0.05) is 23.2 Å². The summed E-state index contributed by atoms with van der Waals surface area (Å²) in [5.41, 5.74) is 7.28. The molecule has 0 saturated carbocycles. The van der Waals surface area contributed by atoms with E-state index in [1.807, 2.05) is 34.6 Å². The predicted octanol–water partition coefficient (Wildman–Crippen LogP) is 7.37. The van der Waals surface area contributed by atoms with Gasteiger partial charge in [0.25, 0.3) is 10.0 Å². The minimum Gasteiger partial charge on any atom is -0.343 e. The summed E-state index contributed by atoms with van der Waals surface area (Å²) in [7, 11) is -4.06. The molecule has 37 heavy (non-hydrogen) atoms. The average Bonchev–Trinajstić information content (AvgIpc) is 3.11. The number of pyridine rings is 1. The number of rotatable bonds is 5. The molecule has 4 rings (SSSR count). The Kier molecular flexibility index (Phi) is 6.95. The van der Waals surface area contributed by atoms with Crippen LogP contribution in [0.5, 0.6) is 0 Å². The van der Waals surface area contributed by atoms with Crippen LogP contribution in [0, 0.1) is 55.4 Å². The van der Waals surface area contributed by atoms with E-state index in [0.717, 1.165) is 33.5 Å². The Hall–Kier alpha value is -2.87. The molecule has 194 valence electrons. The summed E-state index contributed by atoms with van der Waals surface area (Å²) in [5, 5.41) is 1.60. The highest BCUT2D eigenvalue weighted by Gasteiger charge is 2.29. The maximum Gasteiger partial charge on any atom is 0.261 e.